The highest BCUT2D eigenvalue weighted by Gasteiger charge is 2.27. The van der Waals surface area contributed by atoms with E-state index in [9.17, 15) is 9.59 Å². The number of amides is 3. The summed E-state index contributed by atoms with van der Waals surface area (Å²) in [6, 6.07) is 9.61. The Morgan fingerprint density at radius 1 is 1.07 bits per heavy atom. The molecule has 0 radical (unpaired) electrons. The number of pyridine rings is 1. The summed E-state index contributed by atoms with van der Waals surface area (Å²) in [6.45, 7) is 8.09. The lowest BCUT2D eigenvalue weighted by atomic mass is 10.1. The van der Waals surface area contributed by atoms with Crippen molar-refractivity contribution in [3.8, 4) is 0 Å². The molecule has 1 aliphatic heterocycles. The Balaban J connectivity index is 1.34. The standard InChI is InChI=1S/C23H29N5O2/c1-16-6-7-20(14-24-16)25-23(30)26-22-5-3-4-19-12-18(13-21(19)22)15-27-8-10-28(11-9-27)17(2)29/h3-7,14,18H,8-13,15H2,1-2H3,(H2,25,26,30). The van der Waals surface area contributed by atoms with Crippen LogP contribution in [-0.4, -0.2) is 59.4 Å². The van der Waals surface area contributed by atoms with Gasteiger partial charge in [0.1, 0.15) is 0 Å². The van der Waals surface area contributed by atoms with Gasteiger partial charge in [0.05, 0.1) is 11.9 Å². The van der Waals surface area contributed by atoms with E-state index < -0.39 is 0 Å². The average Bonchev–Trinajstić information content (AvgIpc) is 3.13. The second-order valence-electron chi connectivity index (χ2n) is 8.29. The summed E-state index contributed by atoms with van der Waals surface area (Å²) in [5.41, 5.74) is 5.03. The highest BCUT2D eigenvalue weighted by atomic mass is 16.2. The zero-order chi connectivity index (χ0) is 21.1. The molecule has 0 saturated carbocycles. The number of aryl methyl sites for hydroxylation is 1. The van der Waals surface area contributed by atoms with Crippen LogP contribution in [0.3, 0.4) is 0 Å². The third kappa shape index (κ3) is 4.79. The van der Waals surface area contributed by atoms with Crippen LogP contribution in [0.2, 0.25) is 0 Å². The lowest BCUT2D eigenvalue weighted by molar-refractivity contribution is -0.130. The maximum Gasteiger partial charge on any atom is 0.323 e. The molecule has 2 aliphatic rings. The van der Waals surface area contributed by atoms with E-state index in [-0.39, 0.29) is 11.9 Å². The summed E-state index contributed by atoms with van der Waals surface area (Å²) in [5, 5.41) is 5.86. The Kier molecular flexibility index (Phi) is 5.99. The number of benzene rings is 1. The fourth-order valence-electron chi connectivity index (χ4n) is 4.42. The topological polar surface area (TPSA) is 77.6 Å². The number of anilines is 2. The van der Waals surface area contributed by atoms with Gasteiger partial charge in [-0.1, -0.05) is 12.1 Å². The van der Waals surface area contributed by atoms with Gasteiger partial charge in [0, 0.05) is 51.0 Å². The van der Waals surface area contributed by atoms with Gasteiger partial charge in [0.15, 0.2) is 0 Å². The maximum absolute atomic E-state index is 12.5. The number of piperazine rings is 1. The van der Waals surface area contributed by atoms with Crippen molar-refractivity contribution in [1.82, 2.24) is 14.8 Å². The number of hydrogen-bond donors (Lipinski definition) is 2. The first-order valence-corrected chi connectivity index (χ1v) is 10.6. The van der Waals surface area contributed by atoms with Gasteiger partial charge in [0.2, 0.25) is 5.91 Å². The van der Waals surface area contributed by atoms with Gasteiger partial charge in [-0.15, -0.1) is 0 Å². The number of nitrogens with one attached hydrogen (secondary N) is 2. The molecule has 7 heteroatoms. The predicted octanol–water partition coefficient (Wildman–Crippen LogP) is 2.91. The van der Waals surface area contributed by atoms with Gasteiger partial charge in [0.25, 0.3) is 0 Å². The third-order valence-electron chi connectivity index (χ3n) is 6.03. The van der Waals surface area contributed by atoms with Crippen LogP contribution in [0.4, 0.5) is 16.2 Å². The molecule has 2 heterocycles. The molecule has 1 aromatic heterocycles. The summed E-state index contributed by atoms with van der Waals surface area (Å²) in [4.78, 5) is 32.6. The smallest absolute Gasteiger partial charge is 0.323 e. The molecule has 1 atom stereocenters. The third-order valence-corrected chi connectivity index (χ3v) is 6.03. The summed E-state index contributed by atoms with van der Waals surface area (Å²) < 4.78 is 0. The van der Waals surface area contributed by atoms with Crippen molar-refractivity contribution in [2.24, 2.45) is 5.92 Å². The maximum atomic E-state index is 12.5. The molecule has 1 aliphatic carbocycles. The van der Waals surface area contributed by atoms with Gasteiger partial charge in [-0.2, -0.15) is 0 Å². The number of urea groups is 1. The number of hydrogen-bond acceptors (Lipinski definition) is 4. The summed E-state index contributed by atoms with van der Waals surface area (Å²) in [7, 11) is 0. The van der Waals surface area contributed by atoms with Gasteiger partial charge in [-0.05, 0) is 55.0 Å². The lowest BCUT2D eigenvalue weighted by Gasteiger charge is -2.35. The number of nitrogens with zero attached hydrogens (tertiary/aromatic N) is 3. The molecule has 7 nitrogen and oxygen atoms in total. The Hall–Kier alpha value is -2.93. The SMILES string of the molecule is CC(=O)N1CCN(CC2Cc3cccc(NC(=O)Nc4ccc(C)nc4)c3C2)CC1. The number of fused-ring (bicyclic) bond motifs is 1. The molecular weight excluding hydrogens is 378 g/mol. The molecule has 0 spiro atoms. The van der Waals surface area contributed by atoms with Crippen molar-refractivity contribution in [2.45, 2.75) is 26.7 Å². The fraction of sp³-hybridized carbons (Fsp3) is 0.435. The summed E-state index contributed by atoms with van der Waals surface area (Å²) in [5.74, 6) is 0.703. The number of rotatable bonds is 4. The minimum absolute atomic E-state index is 0.165. The van der Waals surface area contributed by atoms with E-state index in [1.807, 2.05) is 36.1 Å². The van der Waals surface area contributed by atoms with Crippen molar-refractivity contribution in [1.29, 1.82) is 0 Å². The predicted molar refractivity (Wildman–Crippen MR) is 118 cm³/mol. The molecule has 4 rings (SSSR count). The van der Waals surface area contributed by atoms with Crippen LogP contribution in [0.1, 0.15) is 23.7 Å². The molecule has 158 valence electrons. The van der Waals surface area contributed by atoms with Crippen molar-refractivity contribution in [2.75, 3.05) is 43.4 Å². The molecule has 3 amide bonds. The Morgan fingerprint density at radius 2 is 1.87 bits per heavy atom. The van der Waals surface area contributed by atoms with E-state index in [1.54, 1.807) is 13.1 Å². The minimum atomic E-state index is -0.252. The lowest BCUT2D eigenvalue weighted by Crippen LogP contribution is -2.49. The van der Waals surface area contributed by atoms with E-state index in [0.29, 0.717) is 11.6 Å². The Morgan fingerprint density at radius 3 is 2.57 bits per heavy atom. The molecular formula is C23H29N5O2. The largest absolute Gasteiger partial charge is 0.340 e. The van der Waals surface area contributed by atoms with E-state index in [2.05, 4.69) is 26.6 Å². The van der Waals surface area contributed by atoms with Crippen LogP contribution < -0.4 is 10.6 Å². The number of carbonyl (C=O) groups excluding carboxylic acids is 2. The monoisotopic (exact) mass is 407 g/mol. The summed E-state index contributed by atoms with van der Waals surface area (Å²) >= 11 is 0. The van der Waals surface area contributed by atoms with E-state index in [1.165, 1.54) is 11.1 Å². The van der Waals surface area contributed by atoms with Gasteiger partial charge < -0.3 is 15.5 Å². The van der Waals surface area contributed by atoms with E-state index >= 15 is 0 Å². The van der Waals surface area contributed by atoms with Crippen LogP contribution in [0.15, 0.2) is 36.5 Å². The zero-order valence-corrected chi connectivity index (χ0v) is 17.6. The molecule has 0 bridgehead atoms. The molecule has 1 aromatic carbocycles. The van der Waals surface area contributed by atoms with Crippen molar-refractivity contribution >= 4 is 23.3 Å². The molecule has 2 aromatic rings. The van der Waals surface area contributed by atoms with Crippen molar-refractivity contribution in [3.63, 3.8) is 0 Å². The van der Waals surface area contributed by atoms with E-state index in [4.69, 9.17) is 0 Å². The molecule has 1 fully saturated rings. The number of aromatic nitrogens is 1. The second-order valence-corrected chi connectivity index (χ2v) is 8.29. The van der Waals surface area contributed by atoms with Crippen LogP contribution in [0, 0.1) is 12.8 Å². The Bertz CT molecular complexity index is 920. The molecule has 1 saturated heterocycles. The highest BCUT2D eigenvalue weighted by molar-refractivity contribution is 6.00. The first-order valence-electron chi connectivity index (χ1n) is 10.6. The van der Waals surface area contributed by atoms with Crippen molar-refractivity contribution < 1.29 is 9.59 Å². The van der Waals surface area contributed by atoms with E-state index in [0.717, 1.165) is 56.9 Å². The fourth-order valence-corrected chi connectivity index (χ4v) is 4.42. The van der Waals surface area contributed by atoms with Crippen molar-refractivity contribution in [3.05, 3.63) is 53.3 Å². The second kappa shape index (κ2) is 8.83. The molecule has 1 unspecified atom stereocenters. The molecule has 30 heavy (non-hydrogen) atoms. The minimum Gasteiger partial charge on any atom is -0.340 e. The number of carbonyl (C=O) groups is 2. The first kappa shape index (κ1) is 20.3. The van der Waals surface area contributed by atoms with Gasteiger partial charge in [-0.3, -0.25) is 14.7 Å². The zero-order valence-electron chi connectivity index (χ0n) is 17.6. The Labute approximate surface area is 177 Å². The van der Waals surface area contributed by atoms with Crippen LogP contribution in [-0.2, 0) is 17.6 Å². The first-order chi connectivity index (χ1) is 14.5. The molecule has 2 N–H and O–H groups in total. The van der Waals surface area contributed by atoms with Crippen LogP contribution in [0.5, 0.6) is 0 Å². The van der Waals surface area contributed by atoms with Gasteiger partial charge >= 0.3 is 6.03 Å². The average molecular weight is 408 g/mol. The normalized spacial score (nSPS) is 18.7. The summed E-state index contributed by atoms with van der Waals surface area (Å²) in [6.07, 6.45) is 3.65. The van der Waals surface area contributed by atoms with Gasteiger partial charge in [-0.25, -0.2) is 4.79 Å². The van der Waals surface area contributed by atoms with Crippen LogP contribution in [0.25, 0.3) is 0 Å². The quantitative estimate of drug-likeness (QED) is 0.817. The highest BCUT2D eigenvalue weighted by Crippen LogP contribution is 2.33. The van der Waals surface area contributed by atoms with Crippen LogP contribution >= 0.6 is 0 Å².